The van der Waals surface area contributed by atoms with E-state index in [2.05, 4.69) is 41.0 Å². The maximum atomic E-state index is 6.16. The number of aromatic amines is 1. The third-order valence-electron chi connectivity index (χ3n) is 4.87. The Bertz CT molecular complexity index is 838. The number of benzene rings is 1. The van der Waals surface area contributed by atoms with E-state index in [1.807, 2.05) is 30.5 Å². The molecule has 134 valence electrons. The number of anilines is 1. The number of nitrogens with zero attached hydrogens (tertiary/aromatic N) is 2. The lowest BCUT2D eigenvalue weighted by molar-refractivity contribution is 0.295. The van der Waals surface area contributed by atoms with Gasteiger partial charge in [-0.05, 0) is 63.7 Å². The summed E-state index contributed by atoms with van der Waals surface area (Å²) in [4.78, 5) is 10.5. The molecule has 0 spiro atoms. The zero-order chi connectivity index (χ0) is 17.8. The summed E-state index contributed by atoms with van der Waals surface area (Å²) in [6, 6.07) is 8.36. The summed E-state index contributed by atoms with van der Waals surface area (Å²) < 4.78 is 0. The zero-order valence-electron chi connectivity index (χ0n) is 15.3. The Kier molecular flexibility index (Phi) is 5.82. The molecule has 0 fully saturated rings. The Morgan fingerprint density at radius 1 is 1.20 bits per heavy atom. The summed E-state index contributed by atoms with van der Waals surface area (Å²) in [6.07, 6.45) is 4.18. The number of hydrogen-bond acceptors (Lipinski definition) is 3. The minimum Gasteiger partial charge on any atom is -0.366 e. The van der Waals surface area contributed by atoms with Gasteiger partial charge in [0.15, 0.2) is 5.82 Å². The third-order valence-corrected chi connectivity index (χ3v) is 5.11. The van der Waals surface area contributed by atoms with Crippen molar-refractivity contribution in [2.75, 3.05) is 25.0 Å². The van der Waals surface area contributed by atoms with Crippen LogP contribution in [0.4, 0.5) is 5.82 Å². The maximum Gasteiger partial charge on any atom is 0.150 e. The second-order valence-corrected chi connectivity index (χ2v) is 7.05. The summed E-state index contributed by atoms with van der Waals surface area (Å²) in [6.45, 7) is 10.1. The van der Waals surface area contributed by atoms with Crippen LogP contribution in [-0.4, -0.2) is 40.5 Å². The molecular formula is C20H27ClN4. The molecule has 1 atom stereocenters. The van der Waals surface area contributed by atoms with Crippen LogP contribution >= 0.6 is 11.6 Å². The van der Waals surface area contributed by atoms with E-state index in [1.54, 1.807) is 0 Å². The molecule has 0 aliphatic heterocycles. The first-order chi connectivity index (χ1) is 12.1. The molecule has 0 saturated heterocycles. The van der Waals surface area contributed by atoms with E-state index >= 15 is 0 Å². The van der Waals surface area contributed by atoms with Gasteiger partial charge in [-0.3, -0.25) is 0 Å². The number of hydrogen-bond donors (Lipinski definition) is 2. The highest BCUT2D eigenvalue weighted by Crippen LogP contribution is 2.31. The second-order valence-electron chi connectivity index (χ2n) is 6.61. The maximum absolute atomic E-state index is 6.16. The van der Waals surface area contributed by atoms with Crippen molar-refractivity contribution < 1.29 is 0 Å². The quantitative estimate of drug-likeness (QED) is 0.574. The molecule has 0 amide bonds. The summed E-state index contributed by atoms with van der Waals surface area (Å²) in [5.41, 5.74) is 2.14. The normalized spacial score (nSPS) is 13.0. The third kappa shape index (κ3) is 4.07. The molecule has 4 nitrogen and oxygen atoms in total. The predicted molar refractivity (Wildman–Crippen MR) is 109 cm³/mol. The molecule has 1 aromatic carbocycles. The summed E-state index contributed by atoms with van der Waals surface area (Å²) in [5.74, 6) is 0.917. The van der Waals surface area contributed by atoms with Crippen LogP contribution in [0.3, 0.4) is 0 Å². The smallest absolute Gasteiger partial charge is 0.150 e. The molecule has 0 bridgehead atoms. The monoisotopic (exact) mass is 358 g/mol. The molecule has 2 N–H and O–H groups in total. The van der Waals surface area contributed by atoms with E-state index in [1.165, 1.54) is 6.42 Å². The molecule has 1 unspecified atom stereocenters. The Morgan fingerprint density at radius 3 is 2.76 bits per heavy atom. The number of H-pyrrole nitrogens is 1. The largest absolute Gasteiger partial charge is 0.366 e. The average molecular weight is 359 g/mol. The summed E-state index contributed by atoms with van der Waals surface area (Å²) in [5, 5.41) is 6.63. The highest BCUT2D eigenvalue weighted by molar-refractivity contribution is 6.31. The lowest BCUT2D eigenvalue weighted by Gasteiger charge is -2.20. The van der Waals surface area contributed by atoms with Gasteiger partial charge in [0.25, 0.3) is 0 Å². The van der Waals surface area contributed by atoms with Gasteiger partial charge < -0.3 is 15.2 Å². The Labute approximate surface area is 154 Å². The molecular weight excluding hydrogens is 332 g/mol. The van der Waals surface area contributed by atoms with Crippen LogP contribution in [-0.2, 0) is 0 Å². The molecule has 3 rings (SSSR count). The Morgan fingerprint density at radius 2 is 2.00 bits per heavy atom. The first kappa shape index (κ1) is 18.0. The second kappa shape index (κ2) is 8.07. The van der Waals surface area contributed by atoms with E-state index < -0.39 is 0 Å². The van der Waals surface area contributed by atoms with Gasteiger partial charge in [0.2, 0.25) is 0 Å². The first-order valence-corrected chi connectivity index (χ1v) is 9.55. The zero-order valence-corrected chi connectivity index (χ0v) is 16.0. The van der Waals surface area contributed by atoms with Crippen LogP contribution in [0, 0.1) is 0 Å². The van der Waals surface area contributed by atoms with Gasteiger partial charge in [-0.15, -0.1) is 0 Å². The highest BCUT2D eigenvalue weighted by Gasteiger charge is 2.12. The van der Waals surface area contributed by atoms with Crippen LogP contribution in [0.15, 0.2) is 30.5 Å². The Balaban J connectivity index is 1.74. The van der Waals surface area contributed by atoms with Gasteiger partial charge in [0.05, 0.1) is 5.52 Å². The van der Waals surface area contributed by atoms with Crippen molar-refractivity contribution in [3.63, 3.8) is 0 Å². The predicted octanol–water partition coefficient (Wildman–Crippen LogP) is 5.29. The van der Waals surface area contributed by atoms with Crippen molar-refractivity contribution in [2.45, 2.75) is 39.7 Å². The van der Waals surface area contributed by atoms with Crippen molar-refractivity contribution in [1.29, 1.82) is 0 Å². The van der Waals surface area contributed by atoms with Crippen molar-refractivity contribution in [1.82, 2.24) is 14.9 Å². The van der Waals surface area contributed by atoms with Crippen LogP contribution in [0.1, 0.15) is 33.6 Å². The fourth-order valence-corrected chi connectivity index (χ4v) is 3.54. The van der Waals surface area contributed by atoms with E-state index in [9.17, 15) is 0 Å². The van der Waals surface area contributed by atoms with Crippen molar-refractivity contribution in [3.05, 3.63) is 35.5 Å². The van der Waals surface area contributed by atoms with Crippen LogP contribution in [0.2, 0.25) is 5.02 Å². The molecule has 0 aliphatic carbocycles. The average Bonchev–Trinajstić information content (AvgIpc) is 2.98. The molecule has 3 aromatic rings. The van der Waals surface area contributed by atoms with E-state index in [0.29, 0.717) is 6.04 Å². The van der Waals surface area contributed by atoms with Crippen LogP contribution in [0.5, 0.6) is 0 Å². The van der Waals surface area contributed by atoms with Gasteiger partial charge in [-0.1, -0.05) is 25.4 Å². The van der Waals surface area contributed by atoms with Gasteiger partial charge >= 0.3 is 0 Å². The molecule has 0 aliphatic rings. The Hall–Kier alpha value is -1.78. The van der Waals surface area contributed by atoms with Crippen LogP contribution in [0.25, 0.3) is 21.8 Å². The van der Waals surface area contributed by atoms with Crippen molar-refractivity contribution >= 4 is 39.2 Å². The standard InChI is InChI=1S/C20H27ClN4/c1-4-25(5-2)12-6-7-14(3)23-20-19-16(10-11-22-20)17-13-15(21)8-9-18(17)24-19/h8-11,13-14,24H,4-7,12H2,1-3H3,(H,22,23). The van der Waals surface area contributed by atoms with Crippen molar-refractivity contribution in [3.8, 4) is 0 Å². The number of halogens is 1. The lowest BCUT2D eigenvalue weighted by atomic mass is 10.1. The fourth-order valence-electron chi connectivity index (χ4n) is 3.37. The molecule has 2 heterocycles. The number of aromatic nitrogens is 2. The summed E-state index contributed by atoms with van der Waals surface area (Å²) in [7, 11) is 0. The molecule has 0 radical (unpaired) electrons. The molecule has 0 saturated carbocycles. The number of fused-ring (bicyclic) bond motifs is 3. The first-order valence-electron chi connectivity index (χ1n) is 9.17. The van der Waals surface area contributed by atoms with Gasteiger partial charge in [-0.2, -0.15) is 0 Å². The van der Waals surface area contributed by atoms with Crippen LogP contribution < -0.4 is 5.32 Å². The minimum absolute atomic E-state index is 0.378. The number of rotatable bonds is 8. The highest BCUT2D eigenvalue weighted by atomic mass is 35.5. The number of nitrogens with one attached hydrogen (secondary N) is 2. The van der Waals surface area contributed by atoms with Gasteiger partial charge in [-0.25, -0.2) is 4.98 Å². The van der Waals surface area contributed by atoms with E-state index in [4.69, 9.17) is 11.6 Å². The number of pyridine rings is 1. The van der Waals surface area contributed by atoms with Crippen molar-refractivity contribution in [2.24, 2.45) is 0 Å². The lowest BCUT2D eigenvalue weighted by Crippen LogP contribution is -2.25. The topological polar surface area (TPSA) is 44.0 Å². The molecule has 25 heavy (non-hydrogen) atoms. The molecule has 2 aromatic heterocycles. The SMILES string of the molecule is CCN(CC)CCCC(C)Nc1nccc2c1[nH]c1ccc(Cl)cc12. The molecule has 5 heteroatoms. The van der Waals surface area contributed by atoms with E-state index in [-0.39, 0.29) is 0 Å². The summed E-state index contributed by atoms with van der Waals surface area (Å²) >= 11 is 6.16. The van der Waals surface area contributed by atoms with Gasteiger partial charge in [0, 0.05) is 33.6 Å². The van der Waals surface area contributed by atoms with Gasteiger partial charge in [0.1, 0.15) is 0 Å². The fraction of sp³-hybridized carbons (Fsp3) is 0.450. The van der Waals surface area contributed by atoms with E-state index in [0.717, 1.165) is 58.7 Å². The minimum atomic E-state index is 0.378.